The highest BCUT2D eigenvalue weighted by molar-refractivity contribution is 5.67. The van der Waals surface area contributed by atoms with Crippen LogP contribution in [0.3, 0.4) is 0 Å². The first-order chi connectivity index (χ1) is 10.6. The molecular weight excluding hydrogens is 290 g/mol. The predicted octanol–water partition coefficient (Wildman–Crippen LogP) is 3.70. The second kappa shape index (κ2) is 8.34. The van der Waals surface area contributed by atoms with Crippen molar-refractivity contribution in [1.82, 2.24) is 5.32 Å². The number of aliphatic hydroxyl groups excluding tert-OH is 1. The van der Waals surface area contributed by atoms with E-state index in [0.29, 0.717) is 6.54 Å². The number of alkyl carbamates (subject to hydrolysis) is 1. The first-order valence-corrected chi connectivity index (χ1v) is 8.27. The van der Waals surface area contributed by atoms with Crippen LogP contribution in [0.5, 0.6) is 0 Å². The van der Waals surface area contributed by atoms with Crippen LogP contribution in [0.15, 0.2) is 24.3 Å². The average molecular weight is 321 g/mol. The second-order valence-corrected chi connectivity index (χ2v) is 7.85. The number of nitrogens with one attached hydrogen (secondary N) is 1. The van der Waals surface area contributed by atoms with Crippen molar-refractivity contribution in [3.63, 3.8) is 0 Å². The second-order valence-electron chi connectivity index (χ2n) is 7.85. The monoisotopic (exact) mass is 321 g/mol. The molecule has 0 bridgehead atoms. The van der Waals surface area contributed by atoms with Crippen LogP contribution in [-0.2, 0) is 17.6 Å². The summed E-state index contributed by atoms with van der Waals surface area (Å²) in [6, 6.07) is 8.44. The lowest BCUT2D eigenvalue weighted by Crippen LogP contribution is -2.33. The summed E-state index contributed by atoms with van der Waals surface area (Å²) in [6.45, 7) is 10.5. The lowest BCUT2D eigenvalue weighted by atomic mass is 9.86. The molecule has 2 N–H and O–H groups in total. The molecule has 0 unspecified atom stereocenters. The maximum atomic E-state index is 11.6. The Morgan fingerprint density at radius 2 is 1.83 bits per heavy atom. The van der Waals surface area contributed by atoms with E-state index in [4.69, 9.17) is 4.74 Å². The van der Waals surface area contributed by atoms with E-state index in [1.54, 1.807) is 0 Å². The molecule has 1 aromatic carbocycles. The van der Waals surface area contributed by atoms with Crippen LogP contribution in [0.4, 0.5) is 4.79 Å². The van der Waals surface area contributed by atoms with E-state index >= 15 is 0 Å². The maximum Gasteiger partial charge on any atom is 0.407 e. The third-order valence-electron chi connectivity index (χ3n) is 3.41. The van der Waals surface area contributed by atoms with Crippen LogP contribution < -0.4 is 5.32 Å². The number of amides is 1. The van der Waals surface area contributed by atoms with Crippen LogP contribution >= 0.6 is 0 Å². The van der Waals surface area contributed by atoms with Gasteiger partial charge in [-0.3, -0.25) is 0 Å². The number of rotatable bonds is 7. The highest BCUT2D eigenvalue weighted by Crippen LogP contribution is 2.21. The molecule has 0 heterocycles. The molecule has 0 aliphatic carbocycles. The van der Waals surface area contributed by atoms with E-state index in [9.17, 15) is 9.90 Å². The van der Waals surface area contributed by atoms with Crippen molar-refractivity contribution in [3.8, 4) is 0 Å². The van der Waals surface area contributed by atoms with Crippen molar-refractivity contribution in [3.05, 3.63) is 35.4 Å². The lowest BCUT2D eigenvalue weighted by molar-refractivity contribution is 0.0527. The third-order valence-corrected chi connectivity index (χ3v) is 3.41. The molecule has 0 aliphatic heterocycles. The Labute approximate surface area is 140 Å². The lowest BCUT2D eigenvalue weighted by Gasteiger charge is -2.21. The highest BCUT2D eigenvalue weighted by Gasteiger charge is 2.17. The van der Waals surface area contributed by atoms with Gasteiger partial charge in [0, 0.05) is 13.2 Å². The zero-order chi connectivity index (χ0) is 17.5. The molecule has 130 valence electrons. The summed E-state index contributed by atoms with van der Waals surface area (Å²) in [5.74, 6) is 0. The molecule has 0 aromatic heterocycles. The van der Waals surface area contributed by atoms with Crippen LogP contribution in [0.2, 0.25) is 0 Å². The Hall–Kier alpha value is -1.55. The summed E-state index contributed by atoms with van der Waals surface area (Å²) >= 11 is 0. The summed E-state index contributed by atoms with van der Waals surface area (Å²) in [5.41, 5.74) is 1.93. The van der Waals surface area contributed by atoms with Crippen molar-refractivity contribution >= 4 is 6.09 Å². The largest absolute Gasteiger partial charge is 0.444 e. The number of aliphatic hydroxyl groups is 1. The molecule has 1 amide bonds. The number of carbonyl (C=O) groups excluding carboxylic acids is 1. The summed E-state index contributed by atoms with van der Waals surface area (Å²) in [6.07, 6.45) is 2.26. The van der Waals surface area contributed by atoms with E-state index in [2.05, 4.69) is 43.4 Å². The normalized spacial score (nSPS) is 12.1. The first-order valence-electron chi connectivity index (χ1n) is 8.27. The van der Waals surface area contributed by atoms with Gasteiger partial charge in [0.1, 0.15) is 5.60 Å². The number of hydrogen-bond acceptors (Lipinski definition) is 3. The van der Waals surface area contributed by atoms with Gasteiger partial charge in [-0.1, -0.05) is 38.1 Å². The molecule has 1 rings (SSSR count). The summed E-state index contributed by atoms with van der Waals surface area (Å²) in [7, 11) is 0. The SMILES string of the molecule is CC(C)(CO)Cc1cccc(CCCNC(=O)OC(C)(C)C)c1. The minimum atomic E-state index is -0.460. The van der Waals surface area contributed by atoms with Crippen LogP contribution in [0.25, 0.3) is 0 Å². The summed E-state index contributed by atoms with van der Waals surface area (Å²) < 4.78 is 5.20. The van der Waals surface area contributed by atoms with E-state index < -0.39 is 5.60 Å². The van der Waals surface area contributed by atoms with Gasteiger partial charge in [-0.2, -0.15) is 0 Å². The van der Waals surface area contributed by atoms with Gasteiger partial charge in [0.2, 0.25) is 0 Å². The predicted molar refractivity (Wildman–Crippen MR) is 93.6 cm³/mol. The molecule has 0 saturated heterocycles. The number of ether oxygens (including phenoxy) is 1. The van der Waals surface area contributed by atoms with Crippen LogP contribution in [0, 0.1) is 5.41 Å². The van der Waals surface area contributed by atoms with Crippen molar-refractivity contribution in [2.75, 3.05) is 13.2 Å². The Kier molecular flexibility index (Phi) is 7.07. The van der Waals surface area contributed by atoms with Gasteiger partial charge in [-0.25, -0.2) is 4.79 Å². The van der Waals surface area contributed by atoms with Gasteiger partial charge in [0.15, 0.2) is 0 Å². The average Bonchev–Trinajstić information content (AvgIpc) is 2.42. The van der Waals surface area contributed by atoms with Gasteiger partial charge in [0.05, 0.1) is 0 Å². The fourth-order valence-electron chi connectivity index (χ4n) is 2.30. The zero-order valence-electron chi connectivity index (χ0n) is 15.1. The Morgan fingerprint density at radius 3 is 2.43 bits per heavy atom. The Bertz CT molecular complexity index is 504. The van der Waals surface area contributed by atoms with Crippen LogP contribution in [0.1, 0.15) is 52.2 Å². The Balaban J connectivity index is 2.40. The molecule has 4 nitrogen and oxygen atoms in total. The standard InChI is InChI=1S/C19H31NO3/c1-18(2,3)23-17(22)20-11-7-10-15-8-6-9-16(12-15)13-19(4,5)14-21/h6,8-9,12,21H,7,10-11,13-14H2,1-5H3,(H,20,22). The molecule has 1 aromatic rings. The summed E-state index contributed by atoms with van der Waals surface area (Å²) in [4.78, 5) is 11.6. The first kappa shape index (κ1) is 19.5. The minimum Gasteiger partial charge on any atom is -0.444 e. The highest BCUT2D eigenvalue weighted by atomic mass is 16.6. The molecule has 0 radical (unpaired) electrons. The van der Waals surface area contributed by atoms with E-state index in [-0.39, 0.29) is 18.1 Å². The Morgan fingerprint density at radius 1 is 1.17 bits per heavy atom. The molecule has 0 fully saturated rings. The molecular formula is C19H31NO3. The van der Waals surface area contributed by atoms with Gasteiger partial charge >= 0.3 is 6.09 Å². The smallest absolute Gasteiger partial charge is 0.407 e. The molecule has 0 atom stereocenters. The molecule has 0 aliphatic rings. The zero-order valence-corrected chi connectivity index (χ0v) is 15.1. The van der Waals surface area contributed by atoms with Crippen molar-refractivity contribution in [2.24, 2.45) is 5.41 Å². The number of benzene rings is 1. The molecule has 23 heavy (non-hydrogen) atoms. The number of aryl methyl sites for hydroxylation is 1. The van der Waals surface area contributed by atoms with Crippen molar-refractivity contribution in [2.45, 2.75) is 59.5 Å². The third kappa shape index (κ3) is 8.60. The minimum absolute atomic E-state index is 0.100. The summed E-state index contributed by atoms with van der Waals surface area (Å²) in [5, 5.41) is 12.2. The fraction of sp³-hybridized carbons (Fsp3) is 0.632. The quantitative estimate of drug-likeness (QED) is 0.753. The molecule has 4 heteroatoms. The van der Waals surface area contributed by atoms with Crippen molar-refractivity contribution in [1.29, 1.82) is 0 Å². The van der Waals surface area contributed by atoms with Crippen LogP contribution in [-0.4, -0.2) is 30.0 Å². The van der Waals surface area contributed by atoms with Gasteiger partial charge < -0.3 is 15.2 Å². The van der Waals surface area contributed by atoms with E-state index in [1.165, 1.54) is 11.1 Å². The molecule has 0 spiro atoms. The van der Waals surface area contributed by atoms with Gasteiger partial charge in [-0.15, -0.1) is 0 Å². The topological polar surface area (TPSA) is 58.6 Å². The van der Waals surface area contributed by atoms with E-state index in [1.807, 2.05) is 20.8 Å². The maximum absolute atomic E-state index is 11.6. The number of hydrogen-bond donors (Lipinski definition) is 2. The van der Waals surface area contributed by atoms with Crippen molar-refractivity contribution < 1.29 is 14.6 Å². The van der Waals surface area contributed by atoms with Gasteiger partial charge in [0.25, 0.3) is 0 Å². The van der Waals surface area contributed by atoms with E-state index in [0.717, 1.165) is 19.3 Å². The van der Waals surface area contributed by atoms with Gasteiger partial charge in [-0.05, 0) is 56.6 Å². The fourth-order valence-corrected chi connectivity index (χ4v) is 2.30. The number of carbonyl (C=O) groups is 1. The molecule has 0 saturated carbocycles.